The van der Waals surface area contributed by atoms with Gasteiger partial charge in [0.1, 0.15) is 0 Å². The van der Waals surface area contributed by atoms with Crippen molar-refractivity contribution < 1.29 is 5.11 Å². The predicted molar refractivity (Wildman–Crippen MR) is 103 cm³/mol. The third-order valence-electron chi connectivity index (χ3n) is 4.68. The lowest BCUT2D eigenvalue weighted by atomic mass is 10.1. The van der Waals surface area contributed by atoms with Crippen molar-refractivity contribution in [3.63, 3.8) is 0 Å². The van der Waals surface area contributed by atoms with Gasteiger partial charge in [-0.25, -0.2) is 4.68 Å². The van der Waals surface area contributed by atoms with Crippen LogP contribution in [0.2, 0.25) is 0 Å². The molecule has 1 heterocycles. The molecule has 2 rings (SSSR count). The Kier molecular flexibility index (Phi) is 7.26. The zero-order valence-electron chi connectivity index (χ0n) is 15.6. The Bertz CT molecular complexity index is 741. The van der Waals surface area contributed by atoms with Crippen LogP contribution in [0.5, 0.6) is 0 Å². The summed E-state index contributed by atoms with van der Waals surface area (Å²) in [5.41, 5.74) is 2.00. The number of unbranched alkanes of at least 4 members (excludes halogenated alkanes) is 3. The van der Waals surface area contributed by atoms with E-state index < -0.39 is 6.10 Å². The molecule has 4 heteroatoms. The van der Waals surface area contributed by atoms with Crippen LogP contribution in [0.3, 0.4) is 0 Å². The maximum absolute atomic E-state index is 12.8. The molecule has 1 atom stereocenters. The van der Waals surface area contributed by atoms with E-state index in [1.165, 1.54) is 19.3 Å². The van der Waals surface area contributed by atoms with E-state index in [1.807, 2.05) is 49.0 Å². The number of nitrogens with zero attached hydrogens (tertiary/aromatic N) is 2. The van der Waals surface area contributed by atoms with Crippen LogP contribution in [0.25, 0.3) is 5.69 Å². The van der Waals surface area contributed by atoms with E-state index in [1.54, 1.807) is 4.68 Å². The summed E-state index contributed by atoms with van der Waals surface area (Å²) < 4.78 is 3.44. The van der Waals surface area contributed by atoms with E-state index in [0.29, 0.717) is 12.0 Å². The van der Waals surface area contributed by atoms with Gasteiger partial charge in [0.15, 0.2) is 0 Å². The molecule has 0 aliphatic rings. The Hall–Kier alpha value is -2.07. The molecular weight excluding hydrogens is 312 g/mol. The van der Waals surface area contributed by atoms with Gasteiger partial charge in [-0.05, 0) is 44.7 Å². The summed E-state index contributed by atoms with van der Waals surface area (Å²) in [6.07, 6.45) is 9.72. The molecule has 25 heavy (non-hydrogen) atoms. The molecule has 1 aromatic heterocycles. The quantitative estimate of drug-likeness (QED) is 0.541. The zero-order valence-corrected chi connectivity index (χ0v) is 15.6. The highest BCUT2D eigenvalue weighted by Gasteiger charge is 2.21. The second-order valence-corrected chi connectivity index (χ2v) is 6.54. The molecule has 0 aliphatic heterocycles. The monoisotopic (exact) mass is 342 g/mol. The van der Waals surface area contributed by atoms with Crippen molar-refractivity contribution in [1.29, 1.82) is 0 Å². The maximum atomic E-state index is 12.8. The molecule has 0 spiro atoms. The van der Waals surface area contributed by atoms with Crippen molar-refractivity contribution in [2.75, 3.05) is 0 Å². The van der Waals surface area contributed by atoms with Crippen LogP contribution in [0.4, 0.5) is 0 Å². The summed E-state index contributed by atoms with van der Waals surface area (Å²) in [5.74, 6) is 0. The first-order valence-corrected chi connectivity index (χ1v) is 9.24. The summed E-state index contributed by atoms with van der Waals surface area (Å²) in [6.45, 7) is 4.09. The molecule has 0 amide bonds. The molecule has 0 fully saturated rings. The highest BCUT2D eigenvalue weighted by atomic mass is 16.3. The van der Waals surface area contributed by atoms with Crippen molar-refractivity contribution in [2.24, 2.45) is 7.05 Å². The van der Waals surface area contributed by atoms with E-state index in [9.17, 15) is 9.90 Å². The third-order valence-corrected chi connectivity index (χ3v) is 4.68. The van der Waals surface area contributed by atoms with Gasteiger partial charge in [-0.3, -0.25) is 9.48 Å². The van der Waals surface area contributed by atoms with E-state index in [0.717, 1.165) is 24.2 Å². The Morgan fingerprint density at radius 2 is 1.80 bits per heavy atom. The molecule has 0 saturated carbocycles. The minimum absolute atomic E-state index is 0.134. The molecule has 2 aromatic rings. The summed E-state index contributed by atoms with van der Waals surface area (Å²) >= 11 is 0. The first kappa shape index (κ1) is 19.3. The standard InChI is InChI=1S/C21H30N2O2/c1-4-5-6-7-8-9-13-16-19(24)20-17(2)22(3)23(21(20)25)18-14-11-10-12-15-18/h8-12,14-15,19,24H,4-7,13,16H2,1-3H3/b9-8+. The summed E-state index contributed by atoms with van der Waals surface area (Å²) in [4.78, 5) is 12.8. The van der Waals surface area contributed by atoms with Crippen LogP contribution in [0, 0.1) is 6.92 Å². The van der Waals surface area contributed by atoms with E-state index >= 15 is 0 Å². The summed E-state index contributed by atoms with van der Waals surface area (Å²) in [5, 5.41) is 10.5. The SMILES string of the molecule is CCCCC/C=C/CCC(O)c1c(C)n(C)n(-c2ccccc2)c1=O. The van der Waals surface area contributed by atoms with Gasteiger partial charge in [0, 0.05) is 12.7 Å². The third kappa shape index (κ3) is 4.73. The fraction of sp³-hybridized carbons (Fsp3) is 0.476. The van der Waals surface area contributed by atoms with E-state index in [2.05, 4.69) is 19.1 Å². The largest absolute Gasteiger partial charge is 0.388 e. The predicted octanol–water partition coefficient (Wildman–Crippen LogP) is 4.43. The fourth-order valence-electron chi connectivity index (χ4n) is 3.12. The Morgan fingerprint density at radius 3 is 2.48 bits per heavy atom. The molecule has 1 aromatic carbocycles. The van der Waals surface area contributed by atoms with Crippen molar-refractivity contribution in [1.82, 2.24) is 9.36 Å². The molecule has 0 bridgehead atoms. The Labute approximate surface area is 150 Å². The van der Waals surface area contributed by atoms with E-state index in [-0.39, 0.29) is 5.56 Å². The zero-order chi connectivity index (χ0) is 18.2. The van der Waals surface area contributed by atoms with Crippen LogP contribution in [-0.2, 0) is 7.05 Å². The molecule has 4 nitrogen and oxygen atoms in total. The minimum Gasteiger partial charge on any atom is -0.388 e. The van der Waals surface area contributed by atoms with Crippen LogP contribution in [-0.4, -0.2) is 14.5 Å². The van der Waals surface area contributed by atoms with Crippen molar-refractivity contribution in [3.05, 3.63) is 64.1 Å². The number of hydrogen-bond donors (Lipinski definition) is 1. The second kappa shape index (κ2) is 9.42. The molecule has 0 saturated heterocycles. The first-order valence-electron chi connectivity index (χ1n) is 9.24. The minimum atomic E-state index is -0.732. The normalized spacial score (nSPS) is 12.8. The number of rotatable bonds is 9. The molecule has 0 aliphatic carbocycles. The van der Waals surface area contributed by atoms with E-state index in [4.69, 9.17) is 0 Å². The van der Waals surface area contributed by atoms with Gasteiger partial charge in [-0.1, -0.05) is 50.1 Å². The van der Waals surface area contributed by atoms with Gasteiger partial charge in [0.2, 0.25) is 0 Å². The average Bonchev–Trinajstić information content (AvgIpc) is 2.84. The average molecular weight is 342 g/mol. The molecule has 1 N–H and O–H groups in total. The Balaban J connectivity index is 2.08. The number of aromatic nitrogens is 2. The lowest BCUT2D eigenvalue weighted by Crippen LogP contribution is -2.22. The van der Waals surface area contributed by atoms with Gasteiger partial charge in [-0.15, -0.1) is 0 Å². The molecular formula is C21H30N2O2. The molecule has 0 radical (unpaired) electrons. The maximum Gasteiger partial charge on any atom is 0.277 e. The van der Waals surface area contributed by atoms with Crippen LogP contribution < -0.4 is 5.56 Å². The fourth-order valence-corrected chi connectivity index (χ4v) is 3.12. The first-order chi connectivity index (χ1) is 12.1. The number of allylic oxidation sites excluding steroid dienone is 2. The van der Waals surface area contributed by atoms with Gasteiger partial charge >= 0.3 is 0 Å². The van der Waals surface area contributed by atoms with Crippen molar-refractivity contribution in [3.8, 4) is 5.69 Å². The number of hydrogen-bond acceptors (Lipinski definition) is 2. The van der Waals surface area contributed by atoms with Crippen molar-refractivity contribution in [2.45, 2.75) is 58.5 Å². The summed E-state index contributed by atoms with van der Waals surface area (Å²) in [7, 11) is 1.85. The molecule has 1 unspecified atom stereocenters. The number of para-hydroxylation sites is 1. The smallest absolute Gasteiger partial charge is 0.277 e. The van der Waals surface area contributed by atoms with Gasteiger partial charge in [0.25, 0.3) is 5.56 Å². The Morgan fingerprint density at radius 1 is 1.12 bits per heavy atom. The highest BCUT2D eigenvalue weighted by Crippen LogP contribution is 2.21. The van der Waals surface area contributed by atoms with Crippen LogP contribution >= 0.6 is 0 Å². The van der Waals surface area contributed by atoms with Crippen LogP contribution in [0.15, 0.2) is 47.3 Å². The van der Waals surface area contributed by atoms with Gasteiger partial charge in [0.05, 0.1) is 17.4 Å². The lowest BCUT2D eigenvalue weighted by Gasteiger charge is -2.08. The second-order valence-electron chi connectivity index (χ2n) is 6.54. The molecule has 136 valence electrons. The van der Waals surface area contributed by atoms with Crippen molar-refractivity contribution >= 4 is 0 Å². The number of aliphatic hydroxyl groups excluding tert-OH is 1. The summed E-state index contributed by atoms with van der Waals surface area (Å²) in [6, 6.07) is 9.53. The highest BCUT2D eigenvalue weighted by molar-refractivity contribution is 5.34. The van der Waals surface area contributed by atoms with Gasteiger partial charge < -0.3 is 5.11 Å². The van der Waals surface area contributed by atoms with Gasteiger partial charge in [-0.2, -0.15) is 0 Å². The number of benzene rings is 1. The topological polar surface area (TPSA) is 47.2 Å². The van der Waals surface area contributed by atoms with Crippen LogP contribution in [0.1, 0.15) is 62.8 Å². The lowest BCUT2D eigenvalue weighted by molar-refractivity contribution is 0.167. The number of aliphatic hydroxyl groups is 1.